The van der Waals surface area contributed by atoms with Crippen LogP contribution in [0.25, 0.3) is 0 Å². The normalized spacial score (nSPS) is 10.6. The van der Waals surface area contributed by atoms with Crippen molar-refractivity contribution < 1.29 is 0 Å². The summed E-state index contributed by atoms with van der Waals surface area (Å²) in [5, 5.41) is 5.11. The van der Waals surface area contributed by atoms with E-state index in [0.29, 0.717) is 0 Å². The number of aromatic nitrogens is 3. The number of nitrogens with zero attached hydrogens (tertiary/aromatic N) is 3. The molecule has 6 heteroatoms. The van der Waals surface area contributed by atoms with Crippen LogP contribution in [0.2, 0.25) is 0 Å². The van der Waals surface area contributed by atoms with Gasteiger partial charge in [0.2, 0.25) is 0 Å². The molecule has 5 nitrogen and oxygen atoms in total. The Labute approximate surface area is 91.9 Å². The van der Waals surface area contributed by atoms with Crippen molar-refractivity contribution in [3.05, 3.63) is 28.5 Å². The predicted octanol–water partition coefficient (Wildman–Crippen LogP) is 1.29. The molecule has 15 heavy (non-hydrogen) atoms. The van der Waals surface area contributed by atoms with Crippen LogP contribution >= 0.6 is 11.3 Å². The molecule has 0 saturated carbocycles. The molecule has 0 atom stereocenters. The Morgan fingerprint density at radius 2 is 2.33 bits per heavy atom. The average Bonchev–Trinajstić information content (AvgIpc) is 2.75. The van der Waals surface area contributed by atoms with Gasteiger partial charge in [0.05, 0.1) is 12.2 Å². The molecule has 2 heterocycles. The zero-order chi connectivity index (χ0) is 10.8. The van der Waals surface area contributed by atoms with E-state index in [-0.39, 0.29) is 0 Å². The van der Waals surface area contributed by atoms with E-state index >= 15 is 0 Å². The van der Waals surface area contributed by atoms with Crippen molar-refractivity contribution in [2.24, 2.45) is 5.84 Å². The Morgan fingerprint density at radius 3 is 2.87 bits per heavy atom. The summed E-state index contributed by atoms with van der Waals surface area (Å²) < 4.78 is 1.96. The number of rotatable bonds is 3. The van der Waals surface area contributed by atoms with Gasteiger partial charge in [-0.15, -0.1) is 0 Å². The molecule has 0 amide bonds. The van der Waals surface area contributed by atoms with E-state index in [1.165, 1.54) is 11.3 Å². The first-order chi connectivity index (χ1) is 7.19. The molecule has 2 aromatic heterocycles. The molecule has 80 valence electrons. The fourth-order valence-electron chi connectivity index (χ4n) is 1.43. The summed E-state index contributed by atoms with van der Waals surface area (Å²) in [7, 11) is 0. The van der Waals surface area contributed by atoms with Crippen LogP contribution < -0.4 is 11.3 Å². The Balaban J connectivity index is 2.17. The number of nitrogen functional groups attached to an aromatic ring is 1. The number of hydrazine groups is 1. The monoisotopic (exact) mass is 223 g/mol. The van der Waals surface area contributed by atoms with Crippen LogP contribution in [0.15, 0.2) is 12.3 Å². The Hall–Kier alpha value is -1.40. The van der Waals surface area contributed by atoms with Gasteiger partial charge in [0.1, 0.15) is 0 Å². The van der Waals surface area contributed by atoms with E-state index in [1.807, 2.05) is 24.7 Å². The fraction of sp³-hybridized carbons (Fsp3) is 0.333. The largest absolute Gasteiger partial charge is 0.300 e. The van der Waals surface area contributed by atoms with Crippen molar-refractivity contribution in [2.45, 2.75) is 20.4 Å². The van der Waals surface area contributed by atoms with Crippen molar-refractivity contribution in [3.63, 3.8) is 0 Å². The standard InChI is InChI=1S/C9H13N5S/c1-6-3-7(2)14(13-6)5-8-4-11-9(12-10)15-8/h3-4H,5,10H2,1-2H3,(H,11,12). The lowest BCUT2D eigenvalue weighted by Gasteiger charge is -2.00. The molecule has 0 spiro atoms. The summed E-state index contributed by atoms with van der Waals surface area (Å²) in [5.41, 5.74) is 4.72. The van der Waals surface area contributed by atoms with Crippen molar-refractivity contribution in [1.29, 1.82) is 0 Å². The first-order valence-corrected chi connectivity index (χ1v) is 5.43. The van der Waals surface area contributed by atoms with E-state index in [4.69, 9.17) is 5.84 Å². The van der Waals surface area contributed by atoms with Gasteiger partial charge in [-0.3, -0.25) is 10.1 Å². The molecule has 0 fully saturated rings. The van der Waals surface area contributed by atoms with Crippen LogP contribution in [0.1, 0.15) is 16.3 Å². The van der Waals surface area contributed by atoms with Crippen LogP contribution in [-0.2, 0) is 6.54 Å². The third-order valence-electron chi connectivity index (χ3n) is 2.09. The molecule has 0 aliphatic heterocycles. The Bertz CT molecular complexity index is 459. The second-order valence-corrected chi connectivity index (χ2v) is 4.48. The second-order valence-electron chi connectivity index (χ2n) is 3.36. The van der Waals surface area contributed by atoms with E-state index in [9.17, 15) is 0 Å². The first-order valence-electron chi connectivity index (χ1n) is 4.61. The lowest BCUT2D eigenvalue weighted by atomic mass is 10.4. The molecule has 3 N–H and O–H groups in total. The van der Waals surface area contributed by atoms with E-state index in [0.717, 1.165) is 27.9 Å². The zero-order valence-electron chi connectivity index (χ0n) is 8.69. The van der Waals surface area contributed by atoms with Gasteiger partial charge in [-0.05, 0) is 19.9 Å². The van der Waals surface area contributed by atoms with Gasteiger partial charge >= 0.3 is 0 Å². The summed E-state index contributed by atoms with van der Waals surface area (Å²) >= 11 is 1.54. The van der Waals surface area contributed by atoms with E-state index in [1.54, 1.807) is 0 Å². The minimum absolute atomic E-state index is 0.728. The van der Waals surface area contributed by atoms with Crippen molar-refractivity contribution in [2.75, 3.05) is 5.43 Å². The van der Waals surface area contributed by atoms with Crippen LogP contribution in [0, 0.1) is 13.8 Å². The second kappa shape index (κ2) is 4.00. The number of hydrogen-bond acceptors (Lipinski definition) is 5. The molecule has 0 bridgehead atoms. The third-order valence-corrected chi connectivity index (χ3v) is 3.00. The smallest absolute Gasteiger partial charge is 0.197 e. The maximum absolute atomic E-state index is 5.27. The van der Waals surface area contributed by atoms with E-state index < -0.39 is 0 Å². The predicted molar refractivity (Wildman–Crippen MR) is 60.7 cm³/mol. The van der Waals surface area contributed by atoms with Gasteiger partial charge in [0, 0.05) is 16.8 Å². The summed E-state index contributed by atoms with van der Waals surface area (Å²) in [6.45, 7) is 4.78. The highest BCUT2D eigenvalue weighted by Gasteiger charge is 2.05. The van der Waals surface area contributed by atoms with Gasteiger partial charge in [-0.2, -0.15) is 5.10 Å². The number of hydrogen-bond donors (Lipinski definition) is 2. The molecule has 0 aromatic carbocycles. The summed E-state index contributed by atoms with van der Waals surface area (Å²) in [5.74, 6) is 5.27. The lowest BCUT2D eigenvalue weighted by Crippen LogP contribution is -2.05. The Morgan fingerprint density at radius 1 is 1.53 bits per heavy atom. The minimum Gasteiger partial charge on any atom is -0.300 e. The molecule has 2 aromatic rings. The molecular weight excluding hydrogens is 210 g/mol. The maximum atomic E-state index is 5.27. The molecular formula is C9H13N5S. The van der Waals surface area contributed by atoms with Crippen LogP contribution in [0.4, 0.5) is 5.13 Å². The SMILES string of the molecule is Cc1cc(C)n(Cc2cnc(NN)s2)n1. The quantitative estimate of drug-likeness (QED) is 0.607. The van der Waals surface area contributed by atoms with Gasteiger partial charge in [-0.25, -0.2) is 10.8 Å². The summed E-state index contributed by atoms with van der Waals surface area (Å²) in [6.07, 6.45) is 1.82. The van der Waals surface area contributed by atoms with Crippen molar-refractivity contribution in [3.8, 4) is 0 Å². The molecule has 0 aliphatic carbocycles. The number of nitrogens with one attached hydrogen (secondary N) is 1. The maximum Gasteiger partial charge on any atom is 0.197 e. The lowest BCUT2D eigenvalue weighted by molar-refractivity contribution is 0.665. The van der Waals surface area contributed by atoms with Gasteiger partial charge < -0.3 is 0 Å². The number of nitrogens with two attached hydrogens (primary N) is 1. The zero-order valence-corrected chi connectivity index (χ0v) is 9.51. The summed E-state index contributed by atoms with van der Waals surface area (Å²) in [6, 6.07) is 2.06. The molecule has 0 radical (unpaired) electrons. The molecule has 0 saturated heterocycles. The first kappa shape index (κ1) is 10.1. The van der Waals surface area contributed by atoms with Gasteiger partial charge in [0.25, 0.3) is 0 Å². The Kier molecular flexibility index (Phi) is 2.70. The third kappa shape index (κ3) is 2.16. The van der Waals surface area contributed by atoms with Crippen LogP contribution in [0.3, 0.4) is 0 Å². The number of aryl methyl sites for hydroxylation is 2. The molecule has 0 unspecified atom stereocenters. The van der Waals surface area contributed by atoms with Crippen LogP contribution in [-0.4, -0.2) is 14.8 Å². The topological polar surface area (TPSA) is 68.8 Å². The average molecular weight is 223 g/mol. The molecule has 2 rings (SSSR count). The molecule has 0 aliphatic rings. The van der Waals surface area contributed by atoms with Gasteiger partial charge in [-0.1, -0.05) is 11.3 Å². The number of anilines is 1. The minimum atomic E-state index is 0.728. The highest BCUT2D eigenvalue weighted by atomic mass is 32.1. The van der Waals surface area contributed by atoms with Crippen LogP contribution in [0.5, 0.6) is 0 Å². The van der Waals surface area contributed by atoms with Gasteiger partial charge in [0.15, 0.2) is 5.13 Å². The number of thiazole rings is 1. The van der Waals surface area contributed by atoms with E-state index in [2.05, 4.69) is 21.6 Å². The summed E-state index contributed by atoms with van der Waals surface area (Å²) in [4.78, 5) is 5.24. The highest BCUT2D eigenvalue weighted by molar-refractivity contribution is 7.15. The highest BCUT2D eigenvalue weighted by Crippen LogP contribution is 2.18. The fourth-order valence-corrected chi connectivity index (χ4v) is 2.13. The van der Waals surface area contributed by atoms with Crippen molar-refractivity contribution >= 4 is 16.5 Å². The van der Waals surface area contributed by atoms with Crippen molar-refractivity contribution in [1.82, 2.24) is 14.8 Å².